The fourth-order valence-corrected chi connectivity index (χ4v) is 2.36. The lowest BCUT2D eigenvalue weighted by molar-refractivity contribution is 0.0946. The monoisotopic (exact) mass is 401 g/mol. The highest BCUT2D eigenvalue weighted by Gasteiger charge is 2.08. The Kier molecular flexibility index (Phi) is 6.67. The minimum Gasteiger partial charge on any atom is -0.267 e. The van der Waals surface area contributed by atoms with E-state index >= 15 is 0 Å². The maximum absolute atomic E-state index is 12.1. The van der Waals surface area contributed by atoms with Gasteiger partial charge in [0, 0.05) is 35.9 Å². The first-order chi connectivity index (χ1) is 14.5. The van der Waals surface area contributed by atoms with Crippen LogP contribution in [0.1, 0.15) is 46.0 Å². The maximum Gasteiger partial charge on any atom is 0.271 e. The molecule has 30 heavy (non-hydrogen) atoms. The van der Waals surface area contributed by atoms with Crippen molar-refractivity contribution in [1.82, 2.24) is 25.8 Å². The third kappa shape index (κ3) is 5.38. The van der Waals surface area contributed by atoms with Crippen molar-refractivity contribution < 1.29 is 9.59 Å². The molecule has 0 spiro atoms. The highest BCUT2D eigenvalue weighted by Crippen LogP contribution is 2.04. The van der Waals surface area contributed by atoms with Gasteiger partial charge in [-0.15, -0.1) is 0 Å². The molecule has 0 aliphatic heterocycles. The second kappa shape index (κ2) is 9.78. The predicted octanol–water partition coefficient (Wildman–Crippen LogP) is 2.18. The molecule has 0 fully saturated rings. The lowest BCUT2D eigenvalue weighted by Gasteiger charge is -2.06. The van der Waals surface area contributed by atoms with E-state index in [0.29, 0.717) is 33.9 Å². The van der Waals surface area contributed by atoms with Crippen LogP contribution in [0.25, 0.3) is 0 Å². The third-order valence-corrected chi connectivity index (χ3v) is 4.03. The molecule has 3 aromatic heterocycles. The molecule has 0 saturated carbocycles. The average Bonchev–Trinajstić information content (AvgIpc) is 2.81. The first-order valence-electron chi connectivity index (χ1n) is 9.01. The molecule has 0 bridgehead atoms. The number of amides is 2. The van der Waals surface area contributed by atoms with Gasteiger partial charge in [0.2, 0.25) is 0 Å². The Labute approximate surface area is 173 Å². The molecule has 0 atom stereocenters. The van der Waals surface area contributed by atoms with Crippen molar-refractivity contribution >= 4 is 23.2 Å². The molecule has 0 radical (unpaired) electrons. The zero-order valence-electron chi connectivity index (χ0n) is 16.4. The predicted molar refractivity (Wildman–Crippen MR) is 112 cm³/mol. The van der Waals surface area contributed by atoms with E-state index in [1.165, 1.54) is 24.8 Å². The first-order valence-corrected chi connectivity index (χ1v) is 9.01. The van der Waals surface area contributed by atoms with E-state index in [1.54, 1.807) is 56.3 Å². The normalized spacial score (nSPS) is 11.7. The Balaban J connectivity index is 1.68. The standard InChI is InChI=1S/C21H19N7O2/c1-14(25-27-20(29)16-6-10-22-11-7-16)18-4-3-5-19(24-18)15(2)26-28-21(30)17-8-12-23-13-9-17/h3-13H,1-2H3,(H,27,29)(H,28,30). The summed E-state index contributed by atoms with van der Waals surface area (Å²) in [6.07, 6.45) is 6.14. The number of nitrogens with one attached hydrogen (secondary N) is 2. The van der Waals surface area contributed by atoms with Gasteiger partial charge >= 0.3 is 0 Å². The van der Waals surface area contributed by atoms with Crippen molar-refractivity contribution in [2.75, 3.05) is 0 Å². The van der Waals surface area contributed by atoms with Gasteiger partial charge < -0.3 is 0 Å². The van der Waals surface area contributed by atoms with Crippen LogP contribution in [-0.2, 0) is 0 Å². The zero-order valence-corrected chi connectivity index (χ0v) is 16.4. The van der Waals surface area contributed by atoms with Crippen LogP contribution in [0.2, 0.25) is 0 Å². The lowest BCUT2D eigenvalue weighted by Crippen LogP contribution is -2.20. The van der Waals surface area contributed by atoms with Crippen LogP contribution < -0.4 is 10.9 Å². The summed E-state index contributed by atoms with van der Waals surface area (Å²) in [5, 5.41) is 8.21. The minimum atomic E-state index is -0.343. The van der Waals surface area contributed by atoms with E-state index in [2.05, 4.69) is 36.0 Å². The van der Waals surface area contributed by atoms with Crippen LogP contribution in [0.15, 0.2) is 77.5 Å². The maximum atomic E-state index is 12.1. The van der Waals surface area contributed by atoms with Gasteiger partial charge in [0.15, 0.2) is 0 Å². The van der Waals surface area contributed by atoms with Gasteiger partial charge in [0.1, 0.15) is 0 Å². The van der Waals surface area contributed by atoms with Gasteiger partial charge in [-0.2, -0.15) is 10.2 Å². The number of hydrogen-bond donors (Lipinski definition) is 2. The molecule has 150 valence electrons. The summed E-state index contributed by atoms with van der Waals surface area (Å²) in [6.45, 7) is 3.47. The number of hydrazone groups is 2. The fraction of sp³-hybridized carbons (Fsp3) is 0.0952. The van der Waals surface area contributed by atoms with Gasteiger partial charge in [-0.25, -0.2) is 15.8 Å². The van der Waals surface area contributed by atoms with Crippen molar-refractivity contribution in [3.8, 4) is 0 Å². The highest BCUT2D eigenvalue weighted by atomic mass is 16.2. The summed E-state index contributed by atoms with van der Waals surface area (Å²) in [5.41, 5.74) is 8.07. The van der Waals surface area contributed by atoms with Gasteiger partial charge in [0.25, 0.3) is 11.8 Å². The van der Waals surface area contributed by atoms with Gasteiger partial charge in [0.05, 0.1) is 22.8 Å². The zero-order chi connectivity index (χ0) is 21.3. The van der Waals surface area contributed by atoms with Crippen LogP contribution in [0.4, 0.5) is 0 Å². The van der Waals surface area contributed by atoms with Crippen LogP contribution >= 0.6 is 0 Å². The number of pyridine rings is 3. The molecule has 3 aromatic rings. The smallest absolute Gasteiger partial charge is 0.267 e. The molecule has 0 unspecified atom stereocenters. The van der Waals surface area contributed by atoms with Crippen LogP contribution in [0.3, 0.4) is 0 Å². The summed E-state index contributed by atoms with van der Waals surface area (Å²) in [7, 11) is 0. The van der Waals surface area contributed by atoms with Gasteiger partial charge in [-0.1, -0.05) is 6.07 Å². The lowest BCUT2D eigenvalue weighted by atomic mass is 10.2. The van der Waals surface area contributed by atoms with E-state index in [9.17, 15) is 9.59 Å². The number of hydrogen-bond acceptors (Lipinski definition) is 7. The number of aromatic nitrogens is 3. The molecule has 0 aliphatic rings. The van der Waals surface area contributed by atoms with E-state index in [1.807, 2.05) is 0 Å². The molecule has 9 nitrogen and oxygen atoms in total. The SMILES string of the molecule is CC(=NNC(=O)c1ccncc1)c1cccc(C(C)=NNC(=O)c2ccncc2)n1. The van der Waals surface area contributed by atoms with E-state index in [4.69, 9.17) is 0 Å². The summed E-state index contributed by atoms with van der Waals surface area (Å²) in [5.74, 6) is -0.686. The van der Waals surface area contributed by atoms with E-state index in [0.717, 1.165) is 0 Å². The van der Waals surface area contributed by atoms with Crippen LogP contribution in [0, 0.1) is 0 Å². The van der Waals surface area contributed by atoms with Crippen LogP contribution in [-0.4, -0.2) is 38.2 Å². The van der Waals surface area contributed by atoms with Crippen molar-refractivity contribution in [2.24, 2.45) is 10.2 Å². The van der Waals surface area contributed by atoms with Crippen molar-refractivity contribution in [2.45, 2.75) is 13.8 Å². The summed E-state index contributed by atoms with van der Waals surface area (Å²) in [4.78, 5) is 36.4. The largest absolute Gasteiger partial charge is 0.271 e. The molecule has 9 heteroatoms. The number of rotatable bonds is 6. The highest BCUT2D eigenvalue weighted by molar-refractivity contribution is 6.02. The average molecular weight is 401 g/mol. The van der Waals surface area contributed by atoms with E-state index in [-0.39, 0.29) is 11.8 Å². The molecule has 3 rings (SSSR count). The molecular formula is C21H19N7O2. The molecule has 0 saturated heterocycles. The van der Waals surface area contributed by atoms with E-state index < -0.39 is 0 Å². The van der Waals surface area contributed by atoms with Gasteiger partial charge in [-0.05, 0) is 50.2 Å². The molecule has 0 aromatic carbocycles. The number of carbonyl (C=O) groups excluding carboxylic acids is 2. The second-order valence-electron chi connectivity index (χ2n) is 6.16. The fourth-order valence-electron chi connectivity index (χ4n) is 2.36. The van der Waals surface area contributed by atoms with Crippen molar-refractivity contribution in [3.05, 3.63) is 89.8 Å². The Bertz CT molecular complexity index is 1010. The Morgan fingerprint density at radius 2 is 1.10 bits per heavy atom. The first kappa shape index (κ1) is 20.5. The summed E-state index contributed by atoms with van der Waals surface area (Å²) in [6, 6.07) is 11.7. The minimum absolute atomic E-state index is 0.343. The molecule has 2 N–H and O–H groups in total. The summed E-state index contributed by atoms with van der Waals surface area (Å²) < 4.78 is 0. The Morgan fingerprint density at radius 1 is 0.700 bits per heavy atom. The molecule has 2 amide bonds. The summed E-state index contributed by atoms with van der Waals surface area (Å²) >= 11 is 0. The number of carbonyl (C=O) groups is 2. The Morgan fingerprint density at radius 3 is 1.50 bits per heavy atom. The van der Waals surface area contributed by atoms with Gasteiger partial charge in [-0.3, -0.25) is 19.6 Å². The molecular weight excluding hydrogens is 382 g/mol. The quantitative estimate of drug-likeness (QED) is 0.484. The topological polar surface area (TPSA) is 122 Å². The van der Waals surface area contributed by atoms with Crippen LogP contribution in [0.5, 0.6) is 0 Å². The van der Waals surface area contributed by atoms with Crippen molar-refractivity contribution in [1.29, 1.82) is 0 Å². The third-order valence-electron chi connectivity index (χ3n) is 4.03. The second-order valence-corrected chi connectivity index (χ2v) is 6.16. The Hall–Kier alpha value is -4.27. The number of nitrogens with zero attached hydrogens (tertiary/aromatic N) is 5. The van der Waals surface area contributed by atoms with Crippen molar-refractivity contribution in [3.63, 3.8) is 0 Å². The molecule has 3 heterocycles. The molecule has 0 aliphatic carbocycles.